The standard InChI is InChI=1S/C9H10O.C3H9NO3S/c10-9-5-7-3-1-2-4-8(7)6-9;4-2-1-3-8(5,6)7/h1-4,9-10H,5-6H2;1-4H2,(H,5,6,7). The van der Waals surface area contributed by atoms with Gasteiger partial charge in [0.15, 0.2) is 0 Å². The van der Waals surface area contributed by atoms with Gasteiger partial charge in [0.25, 0.3) is 10.1 Å². The predicted octanol–water partition coefficient (Wildman–Crippen LogP) is 0.369. The third-order valence-corrected chi connectivity index (χ3v) is 3.44. The average molecular weight is 273 g/mol. The summed E-state index contributed by atoms with van der Waals surface area (Å²) in [6.07, 6.45) is 1.88. The molecule has 0 saturated heterocycles. The molecule has 1 aliphatic carbocycles. The van der Waals surface area contributed by atoms with Crippen LogP contribution in [0.15, 0.2) is 24.3 Å². The minimum atomic E-state index is -3.77. The first-order valence-electron chi connectivity index (χ1n) is 5.82. The van der Waals surface area contributed by atoms with Crippen molar-refractivity contribution in [2.24, 2.45) is 5.73 Å². The predicted molar refractivity (Wildman–Crippen MR) is 69.9 cm³/mol. The lowest BCUT2D eigenvalue weighted by atomic mass is 10.1. The van der Waals surface area contributed by atoms with Crippen LogP contribution in [0.1, 0.15) is 17.5 Å². The van der Waals surface area contributed by atoms with E-state index < -0.39 is 10.1 Å². The molecule has 18 heavy (non-hydrogen) atoms. The van der Waals surface area contributed by atoms with Crippen LogP contribution in [-0.4, -0.2) is 36.5 Å². The Morgan fingerprint density at radius 3 is 2.06 bits per heavy atom. The van der Waals surface area contributed by atoms with Gasteiger partial charge in [-0.05, 0) is 36.9 Å². The minimum Gasteiger partial charge on any atom is -0.392 e. The quantitative estimate of drug-likeness (QED) is 0.691. The van der Waals surface area contributed by atoms with E-state index in [-0.39, 0.29) is 11.9 Å². The highest BCUT2D eigenvalue weighted by Crippen LogP contribution is 2.20. The van der Waals surface area contributed by atoms with Gasteiger partial charge in [-0.3, -0.25) is 4.55 Å². The van der Waals surface area contributed by atoms with E-state index in [0.29, 0.717) is 13.0 Å². The van der Waals surface area contributed by atoms with Crippen molar-refractivity contribution < 1.29 is 18.1 Å². The molecule has 0 radical (unpaired) electrons. The van der Waals surface area contributed by atoms with E-state index in [4.69, 9.17) is 10.3 Å². The Morgan fingerprint density at radius 1 is 1.22 bits per heavy atom. The van der Waals surface area contributed by atoms with Crippen molar-refractivity contribution in [3.05, 3.63) is 35.4 Å². The molecule has 0 spiro atoms. The second-order valence-corrected chi connectivity index (χ2v) is 5.83. The first-order chi connectivity index (χ1) is 8.42. The van der Waals surface area contributed by atoms with Gasteiger partial charge < -0.3 is 10.8 Å². The van der Waals surface area contributed by atoms with Crippen LogP contribution in [-0.2, 0) is 23.0 Å². The number of hydrogen-bond donors (Lipinski definition) is 3. The maximum Gasteiger partial charge on any atom is 0.264 e. The Bertz CT molecular complexity index is 448. The molecule has 2 rings (SSSR count). The lowest BCUT2D eigenvalue weighted by Gasteiger charge is -1.93. The largest absolute Gasteiger partial charge is 0.392 e. The Labute approximate surface area is 107 Å². The zero-order valence-electron chi connectivity index (χ0n) is 10.1. The van der Waals surface area contributed by atoms with Crippen molar-refractivity contribution >= 4 is 10.1 Å². The summed E-state index contributed by atoms with van der Waals surface area (Å²) in [5.41, 5.74) is 7.59. The molecule has 1 aromatic carbocycles. The number of benzene rings is 1. The fraction of sp³-hybridized carbons (Fsp3) is 0.500. The highest BCUT2D eigenvalue weighted by Gasteiger charge is 2.17. The summed E-state index contributed by atoms with van der Waals surface area (Å²) in [5.74, 6) is -0.233. The molecule has 0 bridgehead atoms. The van der Waals surface area contributed by atoms with Gasteiger partial charge in [-0.15, -0.1) is 0 Å². The van der Waals surface area contributed by atoms with Crippen LogP contribution >= 0.6 is 0 Å². The van der Waals surface area contributed by atoms with Gasteiger partial charge in [0.1, 0.15) is 0 Å². The normalized spacial score (nSPS) is 14.8. The fourth-order valence-electron chi connectivity index (χ4n) is 1.80. The van der Waals surface area contributed by atoms with E-state index in [1.807, 2.05) is 12.1 Å². The molecule has 5 nitrogen and oxygen atoms in total. The van der Waals surface area contributed by atoms with Crippen LogP contribution in [0.4, 0.5) is 0 Å². The summed E-state index contributed by atoms with van der Waals surface area (Å²) in [5, 5.41) is 9.25. The average Bonchev–Trinajstić information content (AvgIpc) is 2.66. The molecule has 0 saturated carbocycles. The Hall–Kier alpha value is -0.950. The number of aliphatic hydroxyl groups excluding tert-OH is 1. The van der Waals surface area contributed by atoms with E-state index in [2.05, 4.69) is 12.1 Å². The zero-order chi connectivity index (χ0) is 13.6. The van der Waals surface area contributed by atoms with Gasteiger partial charge >= 0.3 is 0 Å². The number of aliphatic hydroxyl groups is 1. The SMILES string of the molecule is NCCCS(=O)(=O)O.OC1Cc2ccccc2C1. The zero-order valence-corrected chi connectivity index (χ0v) is 10.9. The third-order valence-electron chi connectivity index (χ3n) is 2.64. The second-order valence-electron chi connectivity index (χ2n) is 4.26. The summed E-state index contributed by atoms with van der Waals surface area (Å²) in [4.78, 5) is 0. The number of fused-ring (bicyclic) bond motifs is 1. The van der Waals surface area contributed by atoms with Crippen LogP contribution in [0.3, 0.4) is 0 Å². The highest BCUT2D eigenvalue weighted by molar-refractivity contribution is 7.85. The number of nitrogens with two attached hydrogens (primary N) is 1. The summed E-state index contributed by atoms with van der Waals surface area (Å²) < 4.78 is 27.8. The van der Waals surface area contributed by atoms with Crippen LogP contribution in [0.25, 0.3) is 0 Å². The maximum absolute atomic E-state index is 9.89. The minimum absolute atomic E-state index is 0.127. The summed E-state index contributed by atoms with van der Waals surface area (Å²) >= 11 is 0. The van der Waals surface area contributed by atoms with Gasteiger partial charge in [-0.1, -0.05) is 24.3 Å². The molecule has 0 unspecified atom stereocenters. The lowest BCUT2D eigenvalue weighted by Crippen LogP contribution is -2.09. The van der Waals surface area contributed by atoms with Gasteiger partial charge in [0.05, 0.1) is 11.9 Å². The van der Waals surface area contributed by atoms with Crippen molar-refractivity contribution in [1.29, 1.82) is 0 Å². The molecule has 0 aliphatic heterocycles. The van der Waals surface area contributed by atoms with E-state index in [1.165, 1.54) is 11.1 Å². The van der Waals surface area contributed by atoms with Crippen molar-refractivity contribution in [3.63, 3.8) is 0 Å². The first-order valence-corrected chi connectivity index (χ1v) is 7.43. The van der Waals surface area contributed by atoms with Crippen molar-refractivity contribution in [3.8, 4) is 0 Å². The Kier molecular flexibility index (Phi) is 5.74. The molecule has 0 fully saturated rings. The Morgan fingerprint density at radius 2 is 1.72 bits per heavy atom. The molecule has 0 aromatic heterocycles. The van der Waals surface area contributed by atoms with E-state index in [1.54, 1.807) is 0 Å². The maximum atomic E-state index is 9.89. The van der Waals surface area contributed by atoms with E-state index in [0.717, 1.165) is 12.8 Å². The van der Waals surface area contributed by atoms with Crippen LogP contribution in [0.5, 0.6) is 0 Å². The number of hydrogen-bond acceptors (Lipinski definition) is 4. The third kappa shape index (κ3) is 5.59. The van der Waals surface area contributed by atoms with Crippen molar-refractivity contribution in [2.75, 3.05) is 12.3 Å². The molecular weight excluding hydrogens is 254 g/mol. The second kappa shape index (κ2) is 6.84. The molecule has 0 amide bonds. The molecule has 1 aromatic rings. The van der Waals surface area contributed by atoms with Gasteiger partial charge in [0.2, 0.25) is 0 Å². The molecule has 102 valence electrons. The molecule has 4 N–H and O–H groups in total. The van der Waals surface area contributed by atoms with Crippen LogP contribution < -0.4 is 5.73 Å². The lowest BCUT2D eigenvalue weighted by molar-refractivity contribution is 0.187. The molecule has 0 heterocycles. The number of rotatable bonds is 3. The van der Waals surface area contributed by atoms with Crippen LogP contribution in [0, 0.1) is 0 Å². The summed E-state index contributed by atoms with van der Waals surface area (Å²) in [6.45, 7) is 0.291. The first kappa shape index (κ1) is 15.1. The summed E-state index contributed by atoms with van der Waals surface area (Å²) in [6, 6.07) is 8.23. The smallest absolute Gasteiger partial charge is 0.264 e. The highest BCUT2D eigenvalue weighted by atomic mass is 32.2. The van der Waals surface area contributed by atoms with Crippen LogP contribution in [0.2, 0.25) is 0 Å². The van der Waals surface area contributed by atoms with Gasteiger partial charge in [0, 0.05) is 0 Å². The molecule has 6 heteroatoms. The fourth-order valence-corrected chi connectivity index (χ4v) is 2.33. The van der Waals surface area contributed by atoms with E-state index >= 15 is 0 Å². The van der Waals surface area contributed by atoms with Gasteiger partial charge in [-0.2, -0.15) is 8.42 Å². The molecule has 0 atom stereocenters. The van der Waals surface area contributed by atoms with Crippen molar-refractivity contribution in [1.82, 2.24) is 0 Å². The topological polar surface area (TPSA) is 101 Å². The molecule has 1 aliphatic rings. The monoisotopic (exact) mass is 273 g/mol. The Balaban J connectivity index is 0.000000187. The molecular formula is C12H19NO4S. The van der Waals surface area contributed by atoms with Crippen molar-refractivity contribution in [2.45, 2.75) is 25.4 Å². The summed E-state index contributed by atoms with van der Waals surface area (Å²) in [7, 11) is -3.77. The van der Waals surface area contributed by atoms with Gasteiger partial charge in [-0.25, -0.2) is 0 Å². The van der Waals surface area contributed by atoms with E-state index in [9.17, 15) is 13.5 Å².